The predicted octanol–water partition coefficient (Wildman–Crippen LogP) is 3.16. The summed E-state index contributed by atoms with van der Waals surface area (Å²) in [7, 11) is -2.44. The van der Waals surface area contributed by atoms with E-state index in [0.717, 1.165) is 18.2 Å². The molecule has 0 heterocycles. The van der Waals surface area contributed by atoms with E-state index in [2.05, 4.69) is 10.0 Å². The molecule has 0 aromatic heterocycles. The summed E-state index contributed by atoms with van der Waals surface area (Å²) in [5.41, 5.74) is 0.173. The monoisotopic (exact) mass is 390 g/mol. The number of halogens is 3. The van der Waals surface area contributed by atoms with Crippen LogP contribution in [0.25, 0.3) is 0 Å². The lowest BCUT2D eigenvalue weighted by Gasteiger charge is -2.13. The fourth-order valence-electron chi connectivity index (χ4n) is 1.90. The van der Waals surface area contributed by atoms with E-state index in [0.29, 0.717) is 0 Å². The number of hydrogen-bond acceptors (Lipinski definition) is 4. The van der Waals surface area contributed by atoms with Crippen molar-refractivity contribution in [3.63, 3.8) is 0 Å². The molecule has 0 aliphatic rings. The third kappa shape index (κ3) is 4.80. The summed E-state index contributed by atoms with van der Waals surface area (Å²) in [5.74, 6) is -2.72. The molecule has 0 spiro atoms. The van der Waals surface area contributed by atoms with Gasteiger partial charge >= 0.3 is 0 Å². The predicted molar refractivity (Wildman–Crippen MR) is 90.6 cm³/mol. The van der Waals surface area contributed by atoms with Gasteiger partial charge in [-0.1, -0.05) is 0 Å². The molecule has 0 fully saturated rings. The Morgan fingerprint density at radius 1 is 1.16 bits per heavy atom. The molecule has 2 aromatic rings. The number of anilines is 2. The Hall–Kier alpha value is -2.39. The molecule has 0 aliphatic carbocycles. The lowest BCUT2D eigenvalue weighted by molar-refractivity contribution is 0.102. The summed E-state index contributed by atoms with van der Waals surface area (Å²) in [6, 6.07) is 6.89. The van der Waals surface area contributed by atoms with Gasteiger partial charge in [-0.05, 0) is 36.4 Å². The third-order valence-electron chi connectivity index (χ3n) is 3.05. The van der Waals surface area contributed by atoms with Crippen molar-refractivity contribution in [2.24, 2.45) is 0 Å². The third-order valence-corrected chi connectivity index (χ3v) is 4.73. The number of ether oxygens (including phenoxy) is 1. The summed E-state index contributed by atoms with van der Waals surface area (Å²) in [6.45, 7) is 0. The van der Waals surface area contributed by atoms with Crippen molar-refractivity contribution in [2.45, 2.75) is 0 Å². The maximum atomic E-state index is 13.2. The summed E-state index contributed by atoms with van der Waals surface area (Å²) >= 11 is 5.34. The zero-order valence-corrected chi connectivity index (χ0v) is 14.4. The molecule has 0 bridgehead atoms. The van der Waals surface area contributed by atoms with E-state index in [4.69, 9.17) is 16.3 Å². The Morgan fingerprint density at radius 2 is 1.88 bits per heavy atom. The molecule has 134 valence electrons. The number of hydrogen-bond donors (Lipinski definition) is 2. The molecule has 2 aromatic carbocycles. The Morgan fingerprint density at radius 3 is 2.48 bits per heavy atom. The largest absolute Gasteiger partial charge is 0.495 e. The molecule has 10 heteroatoms. The second kappa shape index (κ2) is 7.66. The second-order valence-corrected chi connectivity index (χ2v) is 7.13. The van der Waals surface area contributed by atoms with Gasteiger partial charge in [-0.2, -0.15) is 0 Å². The van der Waals surface area contributed by atoms with Gasteiger partial charge in [0, 0.05) is 11.3 Å². The lowest BCUT2D eigenvalue weighted by atomic mass is 10.2. The fourth-order valence-corrected chi connectivity index (χ4v) is 2.61. The van der Waals surface area contributed by atoms with Crippen LogP contribution < -0.4 is 14.8 Å². The maximum Gasteiger partial charge on any atom is 0.255 e. The van der Waals surface area contributed by atoms with Crippen molar-refractivity contribution in [3.8, 4) is 5.75 Å². The van der Waals surface area contributed by atoms with E-state index >= 15 is 0 Å². The van der Waals surface area contributed by atoms with Crippen molar-refractivity contribution in [2.75, 3.05) is 22.4 Å². The van der Waals surface area contributed by atoms with Crippen LogP contribution in [0.3, 0.4) is 0 Å². The lowest BCUT2D eigenvalue weighted by Crippen LogP contribution is -2.15. The average molecular weight is 391 g/mol. The highest BCUT2D eigenvalue weighted by Gasteiger charge is 2.15. The number of sulfonamides is 1. The van der Waals surface area contributed by atoms with Crippen molar-refractivity contribution in [1.29, 1.82) is 0 Å². The standard InChI is InChI=1S/C15H13ClF2N2O4S/c1-24-14-5-3-10(7-13(14)20-25(22,23)8-16)19-15(21)9-2-4-11(17)12(18)6-9/h2-7,20H,8H2,1H3,(H,19,21). The summed E-state index contributed by atoms with van der Waals surface area (Å²) in [5, 5.41) is 1.78. The molecular weight excluding hydrogens is 378 g/mol. The second-order valence-electron chi connectivity index (χ2n) is 4.82. The number of alkyl halides is 1. The van der Waals surface area contributed by atoms with Gasteiger partial charge in [0.25, 0.3) is 5.91 Å². The number of methoxy groups -OCH3 is 1. The maximum absolute atomic E-state index is 13.2. The highest BCUT2D eigenvalue weighted by molar-refractivity contribution is 7.93. The van der Waals surface area contributed by atoms with Gasteiger partial charge in [0.05, 0.1) is 12.8 Å². The topological polar surface area (TPSA) is 84.5 Å². The van der Waals surface area contributed by atoms with Crippen LogP contribution in [0.5, 0.6) is 5.75 Å². The van der Waals surface area contributed by atoms with Crippen LogP contribution in [0.4, 0.5) is 20.2 Å². The molecule has 0 unspecified atom stereocenters. The molecule has 0 radical (unpaired) electrons. The number of nitrogens with one attached hydrogen (secondary N) is 2. The summed E-state index contributed by atoms with van der Waals surface area (Å²) in [4.78, 5) is 12.1. The van der Waals surface area contributed by atoms with E-state index in [1.165, 1.54) is 25.3 Å². The Bertz CT molecular complexity index is 906. The molecule has 2 rings (SSSR count). The number of benzene rings is 2. The molecule has 1 amide bonds. The zero-order chi connectivity index (χ0) is 18.6. The molecule has 0 saturated carbocycles. The molecule has 0 aliphatic heterocycles. The van der Waals surface area contributed by atoms with Crippen LogP contribution in [-0.2, 0) is 10.0 Å². The van der Waals surface area contributed by atoms with Crippen LogP contribution in [0.15, 0.2) is 36.4 Å². The van der Waals surface area contributed by atoms with E-state index in [1.54, 1.807) is 0 Å². The molecule has 0 saturated heterocycles. The van der Waals surface area contributed by atoms with Gasteiger partial charge in [-0.25, -0.2) is 17.2 Å². The number of carbonyl (C=O) groups is 1. The Kier molecular flexibility index (Phi) is 5.81. The van der Waals surface area contributed by atoms with Gasteiger partial charge in [0.2, 0.25) is 10.0 Å². The first kappa shape index (κ1) is 18.9. The number of carbonyl (C=O) groups excluding carboxylic acids is 1. The van der Waals surface area contributed by atoms with E-state index in [1.807, 2.05) is 0 Å². The first-order chi connectivity index (χ1) is 11.8. The average Bonchev–Trinajstić information content (AvgIpc) is 2.57. The minimum atomic E-state index is -3.78. The molecule has 2 N–H and O–H groups in total. The molecular formula is C15H13ClF2N2O4S. The number of rotatable bonds is 6. The first-order valence-corrected chi connectivity index (χ1v) is 8.95. The van der Waals surface area contributed by atoms with Crippen LogP contribution >= 0.6 is 11.6 Å². The highest BCUT2D eigenvalue weighted by atomic mass is 35.5. The van der Waals surface area contributed by atoms with Crippen LogP contribution in [-0.4, -0.2) is 26.6 Å². The minimum absolute atomic E-state index is 0.0613. The minimum Gasteiger partial charge on any atom is -0.495 e. The van der Waals surface area contributed by atoms with E-state index in [9.17, 15) is 22.0 Å². The normalized spacial score (nSPS) is 11.0. The SMILES string of the molecule is COc1ccc(NC(=O)c2ccc(F)c(F)c2)cc1NS(=O)(=O)CCl. The quantitative estimate of drug-likeness (QED) is 0.742. The fraction of sp³-hybridized carbons (Fsp3) is 0.133. The highest BCUT2D eigenvalue weighted by Crippen LogP contribution is 2.29. The van der Waals surface area contributed by atoms with Crippen molar-refractivity contribution >= 4 is 38.9 Å². The van der Waals surface area contributed by atoms with Gasteiger partial charge in [0.1, 0.15) is 11.0 Å². The van der Waals surface area contributed by atoms with Crippen molar-refractivity contribution in [3.05, 3.63) is 53.6 Å². The molecule has 25 heavy (non-hydrogen) atoms. The summed E-state index contributed by atoms with van der Waals surface area (Å²) in [6.07, 6.45) is 0. The van der Waals surface area contributed by atoms with Gasteiger partial charge in [0.15, 0.2) is 11.6 Å². The van der Waals surface area contributed by atoms with E-state index < -0.39 is 32.8 Å². The van der Waals surface area contributed by atoms with Crippen molar-refractivity contribution < 1.29 is 26.7 Å². The van der Waals surface area contributed by atoms with Crippen molar-refractivity contribution in [1.82, 2.24) is 0 Å². The van der Waals surface area contributed by atoms with Gasteiger partial charge in [-0.15, -0.1) is 11.6 Å². The molecule has 6 nitrogen and oxygen atoms in total. The molecule has 0 atom stereocenters. The Balaban J connectivity index is 2.27. The Labute approximate surface area is 147 Å². The van der Waals surface area contributed by atoms with Crippen LogP contribution in [0.2, 0.25) is 0 Å². The van der Waals surface area contributed by atoms with Gasteiger partial charge < -0.3 is 10.1 Å². The smallest absolute Gasteiger partial charge is 0.255 e. The van der Waals surface area contributed by atoms with E-state index in [-0.39, 0.29) is 22.7 Å². The summed E-state index contributed by atoms with van der Waals surface area (Å²) < 4.78 is 56.6. The number of amides is 1. The van der Waals surface area contributed by atoms with Gasteiger partial charge in [-0.3, -0.25) is 9.52 Å². The van der Waals surface area contributed by atoms with Crippen LogP contribution in [0, 0.1) is 11.6 Å². The zero-order valence-electron chi connectivity index (χ0n) is 12.8. The first-order valence-electron chi connectivity index (χ1n) is 6.76. The van der Waals surface area contributed by atoms with Crippen LogP contribution in [0.1, 0.15) is 10.4 Å².